The molecule has 1 aliphatic heterocycles. The van der Waals surface area contributed by atoms with Crippen LogP contribution in [0.25, 0.3) is 0 Å². The van der Waals surface area contributed by atoms with Crippen molar-refractivity contribution in [2.45, 2.75) is 65.1 Å². The smallest absolute Gasteiger partial charge is 0.0585 e. The Morgan fingerprint density at radius 3 is 2.56 bits per heavy atom. The monoisotopic (exact) mass is 225 g/mol. The molecule has 0 spiro atoms. The molecule has 0 amide bonds. The highest BCUT2D eigenvalue weighted by molar-refractivity contribution is 4.97. The van der Waals surface area contributed by atoms with Crippen molar-refractivity contribution in [3.63, 3.8) is 0 Å². The average Bonchev–Trinajstić information content (AvgIpc) is 2.82. The van der Waals surface area contributed by atoms with E-state index < -0.39 is 0 Å². The zero-order valence-electron chi connectivity index (χ0n) is 11.1. The third-order valence-electron chi connectivity index (χ3n) is 3.99. The molecule has 2 atom stereocenters. The molecule has 2 fully saturated rings. The first kappa shape index (κ1) is 12.4. The summed E-state index contributed by atoms with van der Waals surface area (Å²) in [6, 6.07) is 0. The fourth-order valence-electron chi connectivity index (χ4n) is 2.77. The van der Waals surface area contributed by atoms with Crippen LogP contribution in [-0.4, -0.2) is 25.3 Å². The van der Waals surface area contributed by atoms with Gasteiger partial charge in [-0.05, 0) is 56.9 Å². The summed E-state index contributed by atoms with van der Waals surface area (Å²) in [6.07, 6.45) is 7.72. The molecule has 1 aliphatic carbocycles. The molecule has 0 radical (unpaired) electrons. The second-order valence-corrected chi connectivity index (χ2v) is 6.37. The van der Waals surface area contributed by atoms with Gasteiger partial charge >= 0.3 is 0 Å². The highest BCUT2D eigenvalue weighted by atomic mass is 16.5. The molecule has 16 heavy (non-hydrogen) atoms. The summed E-state index contributed by atoms with van der Waals surface area (Å²) in [5.41, 5.74) is 0.601. The lowest BCUT2D eigenvalue weighted by Gasteiger charge is -2.21. The van der Waals surface area contributed by atoms with E-state index in [-0.39, 0.29) is 0 Å². The first-order chi connectivity index (χ1) is 7.60. The van der Waals surface area contributed by atoms with Gasteiger partial charge in [0, 0.05) is 6.54 Å². The van der Waals surface area contributed by atoms with Gasteiger partial charge in [-0.2, -0.15) is 0 Å². The minimum atomic E-state index is 0.504. The second kappa shape index (κ2) is 5.05. The Kier molecular flexibility index (Phi) is 3.91. The predicted molar refractivity (Wildman–Crippen MR) is 67.6 cm³/mol. The molecule has 0 aromatic rings. The summed E-state index contributed by atoms with van der Waals surface area (Å²) in [6.45, 7) is 9.11. The molecule has 1 saturated carbocycles. The van der Waals surface area contributed by atoms with Crippen LogP contribution in [0, 0.1) is 11.3 Å². The van der Waals surface area contributed by atoms with Gasteiger partial charge in [-0.1, -0.05) is 13.8 Å². The Bertz CT molecular complexity index is 223. The van der Waals surface area contributed by atoms with Crippen LogP contribution in [-0.2, 0) is 4.74 Å². The Morgan fingerprint density at radius 1 is 1.31 bits per heavy atom. The highest BCUT2D eigenvalue weighted by Crippen LogP contribution is 2.50. The van der Waals surface area contributed by atoms with Gasteiger partial charge in [-0.25, -0.2) is 0 Å². The Balaban J connectivity index is 1.68. The zero-order valence-corrected chi connectivity index (χ0v) is 11.1. The molecule has 94 valence electrons. The molecule has 1 saturated heterocycles. The van der Waals surface area contributed by atoms with Crippen molar-refractivity contribution in [3.8, 4) is 0 Å². The molecule has 2 rings (SSSR count). The van der Waals surface area contributed by atoms with Gasteiger partial charge in [0.05, 0.1) is 12.2 Å². The lowest BCUT2D eigenvalue weighted by molar-refractivity contribution is 0.0378. The van der Waals surface area contributed by atoms with Crippen LogP contribution < -0.4 is 5.32 Å². The largest absolute Gasteiger partial charge is 0.375 e. The molecule has 2 nitrogen and oxygen atoms in total. The first-order valence-corrected chi connectivity index (χ1v) is 6.96. The molecule has 0 aromatic heterocycles. The molecule has 1 N–H and O–H groups in total. The first-order valence-electron chi connectivity index (χ1n) is 6.96. The van der Waals surface area contributed by atoms with Crippen LogP contribution in [0.4, 0.5) is 0 Å². The van der Waals surface area contributed by atoms with E-state index in [1.165, 1.54) is 38.6 Å². The predicted octanol–water partition coefficient (Wildman–Crippen LogP) is 2.97. The number of hydrogen-bond acceptors (Lipinski definition) is 2. The number of nitrogens with one attached hydrogen (secondary N) is 1. The molecule has 2 unspecified atom stereocenters. The van der Waals surface area contributed by atoms with E-state index in [2.05, 4.69) is 26.1 Å². The van der Waals surface area contributed by atoms with Crippen LogP contribution in [0.15, 0.2) is 0 Å². The summed E-state index contributed by atoms with van der Waals surface area (Å²) in [5, 5.41) is 3.62. The van der Waals surface area contributed by atoms with E-state index in [0.717, 1.165) is 12.5 Å². The van der Waals surface area contributed by atoms with E-state index in [9.17, 15) is 0 Å². The zero-order chi connectivity index (χ0) is 11.6. The minimum Gasteiger partial charge on any atom is -0.375 e. The fourth-order valence-corrected chi connectivity index (χ4v) is 2.77. The van der Waals surface area contributed by atoms with Crippen molar-refractivity contribution in [3.05, 3.63) is 0 Å². The van der Waals surface area contributed by atoms with Crippen molar-refractivity contribution >= 4 is 0 Å². The molecule has 2 aliphatic rings. The van der Waals surface area contributed by atoms with Gasteiger partial charge in [0.25, 0.3) is 0 Å². The summed E-state index contributed by atoms with van der Waals surface area (Å²) in [4.78, 5) is 0. The van der Waals surface area contributed by atoms with Crippen LogP contribution in [0.1, 0.15) is 52.9 Å². The number of rotatable bonds is 6. The van der Waals surface area contributed by atoms with Crippen molar-refractivity contribution in [2.24, 2.45) is 11.3 Å². The molecule has 2 heteroatoms. The van der Waals surface area contributed by atoms with Gasteiger partial charge in [0.2, 0.25) is 0 Å². The van der Waals surface area contributed by atoms with E-state index in [1.54, 1.807) is 0 Å². The highest BCUT2D eigenvalue weighted by Gasteiger charge is 2.44. The summed E-state index contributed by atoms with van der Waals surface area (Å²) >= 11 is 0. The summed E-state index contributed by atoms with van der Waals surface area (Å²) in [5.74, 6) is 0.763. The van der Waals surface area contributed by atoms with Crippen molar-refractivity contribution in [1.29, 1.82) is 0 Å². The Hall–Kier alpha value is -0.0800. The normalized spacial score (nSPS) is 32.2. The maximum absolute atomic E-state index is 5.94. The average molecular weight is 225 g/mol. The van der Waals surface area contributed by atoms with Gasteiger partial charge in [-0.3, -0.25) is 0 Å². The van der Waals surface area contributed by atoms with Gasteiger partial charge in [0.1, 0.15) is 0 Å². The second-order valence-electron chi connectivity index (χ2n) is 6.37. The lowest BCUT2D eigenvalue weighted by atomic mass is 9.96. The minimum absolute atomic E-state index is 0.504. The molecular weight excluding hydrogens is 198 g/mol. The van der Waals surface area contributed by atoms with E-state index in [0.29, 0.717) is 17.6 Å². The van der Waals surface area contributed by atoms with Crippen molar-refractivity contribution in [2.75, 3.05) is 13.1 Å². The maximum atomic E-state index is 5.94. The van der Waals surface area contributed by atoms with Crippen LogP contribution in [0.2, 0.25) is 0 Å². The van der Waals surface area contributed by atoms with Gasteiger partial charge < -0.3 is 10.1 Å². The summed E-state index contributed by atoms with van der Waals surface area (Å²) < 4.78 is 5.94. The van der Waals surface area contributed by atoms with Crippen LogP contribution in [0.3, 0.4) is 0 Å². The third-order valence-corrected chi connectivity index (χ3v) is 3.99. The van der Waals surface area contributed by atoms with E-state index in [4.69, 9.17) is 4.74 Å². The van der Waals surface area contributed by atoms with Crippen molar-refractivity contribution in [1.82, 2.24) is 5.32 Å². The molecular formula is C14H27NO. The molecule has 1 heterocycles. The third kappa shape index (κ3) is 3.46. The Morgan fingerprint density at radius 2 is 2.06 bits per heavy atom. The summed E-state index contributed by atoms with van der Waals surface area (Å²) in [7, 11) is 0. The van der Waals surface area contributed by atoms with Crippen LogP contribution in [0.5, 0.6) is 0 Å². The topological polar surface area (TPSA) is 21.3 Å². The van der Waals surface area contributed by atoms with E-state index >= 15 is 0 Å². The van der Waals surface area contributed by atoms with Crippen LogP contribution >= 0.6 is 0 Å². The Labute approximate surface area is 100 Å². The lowest BCUT2D eigenvalue weighted by Crippen LogP contribution is -2.29. The fraction of sp³-hybridized carbons (Fsp3) is 1.00. The quantitative estimate of drug-likeness (QED) is 0.750. The number of hydrogen-bond donors (Lipinski definition) is 1. The standard InChI is InChI=1S/C14H27NO/c1-11(2)9-15-10-14(6-7-14)8-13-5-4-12(3)16-13/h11-13,15H,4-10H2,1-3H3. The van der Waals surface area contributed by atoms with E-state index in [1.807, 2.05) is 0 Å². The molecule has 0 aromatic carbocycles. The maximum Gasteiger partial charge on any atom is 0.0585 e. The van der Waals surface area contributed by atoms with Gasteiger partial charge in [0.15, 0.2) is 0 Å². The number of ether oxygens (including phenoxy) is 1. The molecule has 0 bridgehead atoms. The SMILES string of the molecule is CC(C)CNCC1(CC2CCC(C)O2)CC1. The van der Waals surface area contributed by atoms with Crippen molar-refractivity contribution < 1.29 is 4.74 Å². The van der Waals surface area contributed by atoms with Gasteiger partial charge in [-0.15, -0.1) is 0 Å².